The van der Waals surface area contributed by atoms with Crippen LogP contribution >= 0.6 is 0 Å². The summed E-state index contributed by atoms with van der Waals surface area (Å²) in [5, 5.41) is 2.95. The molecule has 20 heavy (non-hydrogen) atoms. The Hall–Kier alpha value is -1.62. The number of nitrogens with zero attached hydrogens (tertiary/aromatic N) is 3. The SMILES string of the molecule is CCN1CCCC1CN(C)C(=O)c1ccc(NC)nc1. The van der Waals surface area contributed by atoms with E-state index in [0.717, 1.165) is 25.5 Å². The molecular weight excluding hydrogens is 252 g/mol. The first-order chi connectivity index (χ1) is 9.65. The number of carbonyl (C=O) groups excluding carboxylic acids is 1. The molecule has 1 aromatic rings. The maximum absolute atomic E-state index is 12.4. The van der Waals surface area contributed by atoms with Crippen LogP contribution < -0.4 is 5.32 Å². The first kappa shape index (κ1) is 14.8. The highest BCUT2D eigenvalue weighted by atomic mass is 16.2. The van der Waals surface area contributed by atoms with E-state index >= 15 is 0 Å². The topological polar surface area (TPSA) is 48.5 Å². The smallest absolute Gasteiger partial charge is 0.255 e. The third kappa shape index (κ3) is 3.28. The van der Waals surface area contributed by atoms with Gasteiger partial charge in [0.15, 0.2) is 0 Å². The zero-order chi connectivity index (χ0) is 14.5. The van der Waals surface area contributed by atoms with Crippen LogP contribution in [-0.2, 0) is 0 Å². The van der Waals surface area contributed by atoms with Gasteiger partial charge in [0.25, 0.3) is 5.91 Å². The van der Waals surface area contributed by atoms with E-state index in [4.69, 9.17) is 0 Å². The normalized spacial score (nSPS) is 19.1. The van der Waals surface area contributed by atoms with Crippen molar-refractivity contribution in [2.24, 2.45) is 0 Å². The minimum Gasteiger partial charge on any atom is -0.373 e. The first-order valence-electron chi connectivity index (χ1n) is 7.29. The van der Waals surface area contributed by atoms with Crippen molar-refractivity contribution in [1.82, 2.24) is 14.8 Å². The molecule has 0 aromatic carbocycles. The Morgan fingerprint density at radius 3 is 2.95 bits per heavy atom. The molecule has 1 aliphatic rings. The molecule has 0 radical (unpaired) electrons. The Balaban J connectivity index is 1.97. The second-order valence-corrected chi connectivity index (χ2v) is 5.29. The van der Waals surface area contributed by atoms with E-state index in [-0.39, 0.29) is 5.91 Å². The molecule has 2 rings (SSSR count). The Bertz CT molecular complexity index is 446. The van der Waals surface area contributed by atoms with Gasteiger partial charge in [-0.2, -0.15) is 0 Å². The highest BCUT2D eigenvalue weighted by Gasteiger charge is 2.25. The van der Waals surface area contributed by atoms with Gasteiger partial charge < -0.3 is 10.2 Å². The number of amides is 1. The number of likely N-dealkylation sites (tertiary alicyclic amines) is 1. The zero-order valence-corrected chi connectivity index (χ0v) is 12.6. The van der Waals surface area contributed by atoms with Crippen molar-refractivity contribution < 1.29 is 4.79 Å². The molecule has 2 heterocycles. The average molecular weight is 276 g/mol. The van der Waals surface area contributed by atoms with Crippen LogP contribution in [0.4, 0.5) is 5.82 Å². The van der Waals surface area contributed by atoms with Crippen LogP contribution in [0.3, 0.4) is 0 Å². The standard InChI is InChI=1S/C15H24N4O/c1-4-19-9-5-6-13(19)11-18(3)15(20)12-7-8-14(16-2)17-10-12/h7-8,10,13H,4-6,9,11H2,1-3H3,(H,16,17). The molecule has 0 bridgehead atoms. The van der Waals surface area contributed by atoms with Gasteiger partial charge in [-0.1, -0.05) is 6.92 Å². The molecule has 1 aliphatic heterocycles. The lowest BCUT2D eigenvalue weighted by Crippen LogP contribution is -2.41. The molecule has 110 valence electrons. The van der Waals surface area contributed by atoms with E-state index in [9.17, 15) is 4.79 Å². The molecule has 1 aromatic heterocycles. The molecule has 0 aliphatic carbocycles. The molecule has 0 spiro atoms. The van der Waals surface area contributed by atoms with Crippen molar-refractivity contribution in [3.63, 3.8) is 0 Å². The molecule has 1 atom stereocenters. The number of pyridine rings is 1. The lowest BCUT2D eigenvalue weighted by molar-refractivity contribution is 0.0754. The lowest BCUT2D eigenvalue weighted by atomic mass is 10.2. The van der Waals surface area contributed by atoms with Gasteiger partial charge in [-0.3, -0.25) is 9.69 Å². The van der Waals surface area contributed by atoms with Crippen LogP contribution in [0, 0.1) is 0 Å². The highest BCUT2D eigenvalue weighted by molar-refractivity contribution is 5.93. The van der Waals surface area contributed by atoms with Crippen LogP contribution in [-0.4, -0.2) is 60.5 Å². The quantitative estimate of drug-likeness (QED) is 0.889. The van der Waals surface area contributed by atoms with Crippen molar-refractivity contribution >= 4 is 11.7 Å². The predicted molar refractivity (Wildman–Crippen MR) is 81.0 cm³/mol. The lowest BCUT2D eigenvalue weighted by Gasteiger charge is -2.27. The number of hydrogen-bond acceptors (Lipinski definition) is 4. The van der Waals surface area contributed by atoms with E-state index in [1.54, 1.807) is 6.20 Å². The van der Waals surface area contributed by atoms with Gasteiger partial charge in [0, 0.05) is 32.9 Å². The fraction of sp³-hybridized carbons (Fsp3) is 0.600. The monoisotopic (exact) mass is 276 g/mol. The van der Waals surface area contributed by atoms with Crippen molar-refractivity contribution in [2.75, 3.05) is 39.0 Å². The molecule has 5 nitrogen and oxygen atoms in total. The third-order valence-corrected chi connectivity index (χ3v) is 4.00. The van der Waals surface area contributed by atoms with Crippen molar-refractivity contribution in [3.8, 4) is 0 Å². The number of likely N-dealkylation sites (N-methyl/N-ethyl adjacent to an activating group) is 2. The molecule has 1 amide bonds. The largest absolute Gasteiger partial charge is 0.373 e. The minimum absolute atomic E-state index is 0.0445. The van der Waals surface area contributed by atoms with Crippen molar-refractivity contribution in [2.45, 2.75) is 25.8 Å². The molecular formula is C15H24N4O. The molecule has 1 saturated heterocycles. The van der Waals surface area contributed by atoms with Crippen LogP contribution in [0.15, 0.2) is 18.3 Å². The number of anilines is 1. The summed E-state index contributed by atoms with van der Waals surface area (Å²) in [5.41, 5.74) is 0.646. The third-order valence-electron chi connectivity index (χ3n) is 4.00. The zero-order valence-electron chi connectivity index (χ0n) is 12.6. The van der Waals surface area contributed by atoms with E-state index in [0.29, 0.717) is 11.6 Å². The first-order valence-corrected chi connectivity index (χ1v) is 7.29. The molecule has 0 saturated carbocycles. The maximum Gasteiger partial charge on any atom is 0.255 e. The summed E-state index contributed by atoms with van der Waals surface area (Å²) >= 11 is 0. The van der Waals surface area contributed by atoms with Crippen LogP contribution in [0.25, 0.3) is 0 Å². The van der Waals surface area contributed by atoms with Gasteiger partial charge in [0.1, 0.15) is 5.82 Å². The summed E-state index contributed by atoms with van der Waals surface area (Å²) in [6, 6.07) is 4.15. The van der Waals surface area contributed by atoms with Crippen molar-refractivity contribution in [1.29, 1.82) is 0 Å². The van der Waals surface area contributed by atoms with Crippen LogP contribution in [0.1, 0.15) is 30.1 Å². The molecule has 5 heteroatoms. The Labute approximate surface area is 121 Å². The van der Waals surface area contributed by atoms with Crippen molar-refractivity contribution in [3.05, 3.63) is 23.9 Å². The second-order valence-electron chi connectivity index (χ2n) is 5.29. The van der Waals surface area contributed by atoms with Crippen LogP contribution in [0.2, 0.25) is 0 Å². The average Bonchev–Trinajstić information content (AvgIpc) is 2.93. The van der Waals surface area contributed by atoms with Gasteiger partial charge in [-0.25, -0.2) is 4.98 Å². The summed E-state index contributed by atoms with van der Waals surface area (Å²) in [6.07, 6.45) is 4.05. The van der Waals surface area contributed by atoms with E-state index in [2.05, 4.69) is 22.1 Å². The summed E-state index contributed by atoms with van der Waals surface area (Å²) in [6.45, 7) is 5.19. The Morgan fingerprint density at radius 1 is 1.55 bits per heavy atom. The minimum atomic E-state index is 0.0445. The Kier molecular flexibility index (Phi) is 4.95. The van der Waals surface area contributed by atoms with Gasteiger partial charge in [-0.05, 0) is 38.1 Å². The van der Waals surface area contributed by atoms with Crippen LogP contribution in [0.5, 0.6) is 0 Å². The fourth-order valence-corrected chi connectivity index (χ4v) is 2.81. The maximum atomic E-state index is 12.4. The number of hydrogen-bond donors (Lipinski definition) is 1. The van der Waals surface area contributed by atoms with E-state index < -0.39 is 0 Å². The number of rotatable bonds is 5. The van der Waals surface area contributed by atoms with E-state index in [1.807, 2.05) is 31.1 Å². The summed E-state index contributed by atoms with van der Waals surface area (Å²) in [7, 11) is 3.69. The van der Waals surface area contributed by atoms with Gasteiger partial charge >= 0.3 is 0 Å². The highest BCUT2D eigenvalue weighted by Crippen LogP contribution is 2.18. The number of aromatic nitrogens is 1. The molecule has 1 fully saturated rings. The summed E-state index contributed by atoms with van der Waals surface area (Å²) < 4.78 is 0. The number of nitrogens with one attached hydrogen (secondary N) is 1. The van der Waals surface area contributed by atoms with Gasteiger partial charge in [-0.15, -0.1) is 0 Å². The predicted octanol–water partition coefficient (Wildman–Crippen LogP) is 1.68. The summed E-state index contributed by atoms with van der Waals surface area (Å²) in [5.74, 6) is 0.820. The fourth-order valence-electron chi connectivity index (χ4n) is 2.81. The summed E-state index contributed by atoms with van der Waals surface area (Å²) in [4.78, 5) is 20.8. The number of carbonyl (C=O) groups is 1. The molecule has 1 unspecified atom stereocenters. The van der Waals surface area contributed by atoms with Gasteiger partial charge in [0.2, 0.25) is 0 Å². The van der Waals surface area contributed by atoms with Gasteiger partial charge in [0.05, 0.1) is 5.56 Å². The Morgan fingerprint density at radius 2 is 2.35 bits per heavy atom. The van der Waals surface area contributed by atoms with E-state index in [1.165, 1.54) is 12.8 Å². The second kappa shape index (κ2) is 6.70. The molecule has 1 N–H and O–H groups in total.